The Morgan fingerprint density at radius 2 is 0.908 bits per heavy atom. The van der Waals surface area contributed by atoms with Crippen LogP contribution in [-0.4, -0.2) is 14.5 Å². The van der Waals surface area contributed by atoms with Crippen molar-refractivity contribution in [3.05, 3.63) is 210 Å². The van der Waals surface area contributed by atoms with Crippen LogP contribution in [0.5, 0.6) is 0 Å². The molecule has 0 radical (unpaired) electrons. The molecule has 0 aliphatic heterocycles. The van der Waals surface area contributed by atoms with Crippen molar-refractivity contribution in [2.45, 2.75) is 26.2 Å². The molecule has 0 aliphatic carbocycles. The van der Waals surface area contributed by atoms with E-state index >= 15 is 26.3 Å². The van der Waals surface area contributed by atoms with Crippen molar-refractivity contribution in [3.63, 3.8) is 0 Å². The second-order valence-corrected chi connectivity index (χ2v) is 16.1. The van der Waals surface area contributed by atoms with Crippen LogP contribution in [0.25, 0.3) is 94.8 Å². The Balaban J connectivity index is 1.37. The SMILES string of the molecule is Cc1ccc(-c2ccc3c(c2)c2ccccc2n3-c2c(-c3ccccc3C(F)(F)F)cc(-c3cc(-c4ccccc4)nc(-c4ccccc4)n3)cc2-c2ccccc2C(F)(F)F)c(C)c1. The number of fused-ring (bicyclic) bond motifs is 3. The molecule has 0 saturated heterocycles. The molecule has 65 heavy (non-hydrogen) atoms. The van der Waals surface area contributed by atoms with Gasteiger partial charge in [0.05, 0.1) is 39.2 Å². The Kier molecular flexibility index (Phi) is 10.2. The fourth-order valence-corrected chi connectivity index (χ4v) is 8.95. The van der Waals surface area contributed by atoms with E-state index in [0.717, 1.165) is 50.7 Å². The first-order valence-corrected chi connectivity index (χ1v) is 21.0. The molecule has 0 fully saturated rings. The molecule has 9 heteroatoms. The number of hydrogen-bond donors (Lipinski definition) is 0. The van der Waals surface area contributed by atoms with Crippen molar-refractivity contribution in [1.82, 2.24) is 14.5 Å². The van der Waals surface area contributed by atoms with E-state index in [1.54, 1.807) is 18.2 Å². The fourth-order valence-electron chi connectivity index (χ4n) is 8.95. The zero-order valence-electron chi connectivity index (χ0n) is 35.0. The van der Waals surface area contributed by atoms with Gasteiger partial charge in [-0.05, 0) is 90.2 Å². The number of hydrogen-bond acceptors (Lipinski definition) is 2. The van der Waals surface area contributed by atoms with Gasteiger partial charge in [-0.25, -0.2) is 9.97 Å². The van der Waals surface area contributed by atoms with E-state index in [1.807, 2.05) is 128 Å². The maximum absolute atomic E-state index is 15.3. The fraction of sp³-hybridized carbons (Fsp3) is 0.0714. The molecule has 8 aromatic carbocycles. The predicted molar refractivity (Wildman–Crippen MR) is 248 cm³/mol. The summed E-state index contributed by atoms with van der Waals surface area (Å²) in [6.45, 7) is 4.06. The van der Waals surface area contributed by atoms with Gasteiger partial charge < -0.3 is 4.57 Å². The van der Waals surface area contributed by atoms with Gasteiger partial charge in [-0.2, -0.15) is 26.3 Å². The molecule has 10 aromatic rings. The van der Waals surface area contributed by atoms with Crippen molar-refractivity contribution in [1.29, 1.82) is 0 Å². The summed E-state index contributed by atoms with van der Waals surface area (Å²) < 4.78 is 93.9. The molecule has 0 unspecified atom stereocenters. The number of halogens is 6. The zero-order valence-corrected chi connectivity index (χ0v) is 35.0. The minimum atomic E-state index is -4.83. The van der Waals surface area contributed by atoms with E-state index < -0.39 is 23.5 Å². The Morgan fingerprint density at radius 1 is 0.385 bits per heavy atom. The quantitative estimate of drug-likeness (QED) is 0.149. The molecular formula is C56H37F6N3. The molecule has 3 nitrogen and oxygen atoms in total. The number of aryl methyl sites for hydroxylation is 2. The largest absolute Gasteiger partial charge is 0.417 e. The van der Waals surface area contributed by atoms with Crippen LogP contribution in [0.15, 0.2) is 188 Å². The van der Waals surface area contributed by atoms with Gasteiger partial charge in [-0.15, -0.1) is 0 Å². The lowest BCUT2D eigenvalue weighted by atomic mass is 9.88. The molecule has 0 bridgehead atoms. The van der Waals surface area contributed by atoms with Crippen molar-refractivity contribution in [3.8, 4) is 73.0 Å². The van der Waals surface area contributed by atoms with Crippen LogP contribution >= 0.6 is 0 Å². The van der Waals surface area contributed by atoms with Gasteiger partial charge in [-0.1, -0.05) is 145 Å². The lowest BCUT2D eigenvalue weighted by molar-refractivity contribution is -0.137. The molecule has 2 heterocycles. The monoisotopic (exact) mass is 865 g/mol. The second kappa shape index (κ2) is 16.1. The molecule has 318 valence electrons. The Hall–Kier alpha value is -7.78. The molecule has 10 rings (SSSR count). The van der Waals surface area contributed by atoms with Gasteiger partial charge in [0.2, 0.25) is 0 Å². The van der Waals surface area contributed by atoms with Gasteiger partial charge in [-0.3, -0.25) is 0 Å². The summed E-state index contributed by atoms with van der Waals surface area (Å²) >= 11 is 0. The molecule has 0 atom stereocenters. The van der Waals surface area contributed by atoms with E-state index in [9.17, 15) is 0 Å². The van der Waals surface area contributed by atoms with Crippen LogP contribution < -0.4 is 0 Å². The van der Waals surface area contributed by atoms with E-state index in [0.29, 0.717) is 39.4 Å². The van der Waals surface area contributed by atoms with E-state index in [2.05, 4.69) is 12.1 Å². The van der Waals surface area contributed by atoms with E-state index in [-0.39, 0.29) is 27.9 Å². The molecule has 0 saturated carbocycles. The third-order valence-electron chi connectivity index (χ3n) is 11.9. The summed E-state index contributed by atoms with van der Waals surface area (Å²) in [4.78, 5) is 9.90. The number of benzene rings is 8. The van der Waals surface area contributed by atoms with Crippen LogP contribution in [-0.2, 0) is 12.4 Å². The van der Waals surface area contributed by atoms with Crippen LogP contribution in [0.2, 0.25) is 0 Å². The van der Waals surface area contributed by atoms with Crippen molar-refractivity contribution < 1.29 is 26.3 Å². The highest BCUT2D eigenvalue weighted by molar-refractivity contribution is 6.12. The van der Waals surface area contributed by atoms with Crippen molar-refractivity contribution in [2.24, 2.45) is 0 Å². The molecule has 0 amide bonds. The summed E-state index contributed by atoms with van der Waals surface area (Å²) in [5.41, 5.74) is 5.83. The molecular weight excluding hydrogens is 829 g/mol. The Morgan fingerprint density at radius 3 is 1.51 bits per heavy atom. The van der Waals surface area contributed by atoms with Crippen molar-refractivity contribution in [2.75, 3.05) is 0 Å². The smallest absolute Gasteiger partial charge is 0.308 e. The highest BCUT2D eigenvalue weighted by atomic mass is 19.4. The highest BCUT2D eigenvalue weighted by Gasteiger charge is 2.37. The first-order valence-electron chi connectivity index (χ1n) is 21.0. The summed E-state index contributed by atoms with van der Waals surface area (Å²) in [6, 6.07) is 53.6. The first-order chi connectivity index (χ1) is 31.3. The summed E-state index contributed by atoms with van der Waals surface area (Å²) in [7, 11) is 0. The van der Waals surface area contributed by atoms with Crippen LogP contribution in [0.1, 0.15) is 22.3 Å². The highest BCUT2D eigenvalue weighted by Crippen LogP contribution is 2.49. The minimum Gasteiger partial charge on any atom is -0.308 e. The van der Waals surface area contributed by atoms with Crippen LogP contribution in [0.4, 0.5) is 26.3 Å². The Labute approximate surface area is 371 Å². The second-order valence-electron chi connectivity index (χ2n) is 16.1. The molecule has 0 spiro atoms. The zero-order chi connectivity index (χ0) is 45.0. The number of rotatable bonds is 7. The maximum Gasteiger partial charge on any atom is 0.417 e. The maximum atomic E-state index is 15.3. The number of aromatic nitrogens is 3. The topological polar surface area (TPSA) is 30.7 Å². The standard InChI is InChI=1S/C56H37F6N3/c1-34-25-27-40(35(2)29-34)38-26-28-52-44(30-38)43-21-11-14-24-51(43)65(52)53-45(41-19-9-12-22-47(41)55(57,58)59)31-39(32-46(53)42-20-10-13-23-48(42)56(60,61)62)50-33-49(36-15-5-3-6-16-36)63-54(64-50)37-17-7-4-8-18-37/h3-33H,1-2H3. The lowest BCUT2D eigenvalue weighted by Gasteiger charge is -2.24. The van der Waals surface area contributed by atoms with Gasteiger partial charge in [0.25, 0.3) is 0 Å². The average molecular weight is 866 g/mol. The summed E-state index contributed by atoms with van der Waals surface area (Å²) in [5, 5.41) is 1.56. The third-order valence-corrected chi connectivity index (χ3v) is 11.9. The summed E-state index contributed by atoms with van der Waals surface area (Å²) in [5.74, 6) is 0.336. The van der Waals surface area contributed by atoms with Gasteiger partial charge >= 0.3 is 12.4 Å². The first kappa shape index (κ1) is 41.2. The third kappa shape index (κ3) is 7.63. The molecule has 0 N–H and O–H groups in total. The minimum absolute atomic E-state index is 0.0599. The van der Waals surface area contributed by atoms with E-state index in [1.165, 1.54) is 36.4 Å². The molecule has 2 aromatic heterocycles. The summed E-state index contributed by atoms with van der Waals surface area (Å²) in [6.07, 6.45) is -9.66. The Bertz CT molecular complexity index is 3290. The van der Waals surface area contributed by atoms with Gasteiger partial charge in [0.15, 0.2) is 5.82 Å². The number of alkyl halides is 6. The van der Waals surface area contributed by atoms with Gasteiger partial charge in [0.1, 0.15) is 0 Å². The van der Waals surface area contributed by atoms with Crippen LogP contribution in [0.3, 0.4) is 0 Å². The predicted octanol–water partition coefficient (Wildman–Crippen LogP) is 16.2. The number of nitrogens with zero attached hydrogens (tertiary/aromatic N) is 3. The van der Waals surface area contributed by atoms with Crippen molar-refractivity contribution >= 4 is 21.8 Å². The number of para-hydroxylation sites is 1. The van der Waals surface area contributed by atoms with E-state index in [4.69, 9.17) is 9.97 Å². The molecule has 0 aliphatic rings. The lowest BCUT2D eigenvalue weighted by Crippen LogP contribution is -2.11. The average Bonchev–Trinajstić information content (AvgIpc) is 3.64. The van der Waals surface area contributed by atoms with Gasteiger partial charge in [0, 0.05) is 38.6 Å². The van der Waals surface area contributed by atoms with Crippen LogP contribution in [0, 0.1) is 13.8 Å². The normalized spacial score (nSPS) is 12.0.